The normalized spacial score (nSPS) is 8.50. The van der Waals surface area contributed by atoms with Crippen molar-refractivity contribution in [3.05, 3.63) is 37.1 Å². The number of hydrogen-bond acceptors (Lipinski definition) is 1. The molecule has 0 atom stereocenters. The molecule has 1 N–H and O–H groups in total. The van der Waals surface area contributed by atoms with Crippen molar-refractivity contribution in [3.8, 4) is 0 Å². The van der Waals surface area contributed by atoms with Crippen LogP contribution in [0.4, 0.5) is 0 Å². The van der Waals surface area contributed by atoms with Crippen LogP contribution in [0.5, 0.6) is 0 Å². The summed E-state index contributed by atoms with van der Waals surface area (Å²) in [7, 11) is 1.87. The Kier molecular flexibility index (Phi) is 4.38. The van der Waals surface area contributed by atoms with Gasteiger partial charge in [-0.2, -0.15) is 0 Å². The zero-order valence-electron chi connectivity index (χ0n) is 6.61. The smallest absolute Gasteiger partial charge is 0.00343 e. The van der Waals surface area contributed by atoms with Crippen molar-refractivity contribution >= 4 is 0 Å². The summed E-state index contributed by atoms with van der Waals surface area (Å²) in [4.78, 5) is 0. The third-order valence-corrected chi connectivity index (χ3v) is 1.39. The van der Waals surface area contributed by atoms with E-state index in [4.69, 9.17) is 0 Å². The highest BCUT2D eigenvalue weighted by Gasteiger charge is 1.90. The summed E-state index contributed by atoms with van der Waals surface area (Å²) in [5.41, 5.74) is 2.11. The Bertz CT molecular complexity index is 145. The molecule has 0 spiro atoms. The lowest BCUT2D eigenvalue weighted by Gasteiger charge is -2.02. The highest BCUT2D eigenvalue weighted by Crippen LogP contribution is 2.06. The van der Waals surface area contributed by atoms with Gasteiger partial charge in [-0.05, 0) is 12.8 Å². The van der Waals surface area contributed by atoms with Crippen molar-refractivity contribution in [3.63, 3.8) is 0 Å². The summed E-state index contributed by atoms with van der Waals surface area (Å²) in [5, 5.41) is 2.97. The number of rotatable bonds is 5. The largest absolute Gasteiger partial charge is 0.392 e. The molecule has 0 bridgehead atoms. The average molecular weight is 137 g/mol. The first-order valence-electron chi connectivity index (χ1n) is 3.36. The van der Waals surface area contributed by atoms with E-state index in [-0.39, 0.29) is 0 Å². The minimum absolute atomic E-state index is 0.946. The lowest BCUT2D eigenvalue weighted by molar-refractivity contribution is 0.846. The van der Waals surface area contributed by atoms with Crippen LogP contribution in [0.3, 0.4) is 0 Å². The molecular formula is C9H15N. The van der Waals surface area contributed by atoms with Gasteiger partial charge in [-0.1, -0.05) is 31.4 Å². The molecule has 0 aromatic rings. The van der Waals surface area contributed by atoms with Gasteiger partial charge in [0.1, 0.15) is 0 Å². The maximum atomic E-state index is 3.79. The van der Waals surface area contributed by atoms with E-state index in [2.05, 4.69) is 25.1 Å². The van der Waals surface area contributed by atoms with Crippen LogP contribution in [0.2, 0.25) is 0 Å². The van der Waals surface area contributed by atoms with Crippen LogP contribution in [0, 0.1) is 0 Å². The monoisotopic (exact) mass is 137 g/mol. The van der Waals surface area contributed by atoms with Crippen LogP contribution in [-0.4, -0.2) is 7.05 Å². The van der Waals surface area contributed by atoms with E-state index in [1.807, 2.05) is 7.05 Å². The summed E-state index contributed by atoms with van der Waals surface area (Å²) in [6, 6.07) is 0. The molecule has 10 heavy (non-hydrogen) atoms. The molecular weight excluding hydrogens is 122 g/mol. The van der Waals surface area contributed by atoms with Gasteiger partial charge in [0.15, 0.2) is 0 Å². The van der Waals surface area contributed by atoms with Gasteiger partial charge >= 0.3 is 0 Å². The van der Waals surface area contributed by atoms with E-state index in [1.165, 1.54) is 0 Å². The molecule has 1 heteroatoms. The molecule has 0 unspecified atom stereocenters. The highest BCUT2D eigenvalue weighted by atomic mass is 14.8. The van der Waals surface area contributed by atoms with Gasteiger partial charge in [0.05, 0.1) is 0 Å². The third kappa shape index (κ3) is 3.96. The highest BCUT2D eigenvalue weighted by molar-refractivity contribution is 5.12. The second-order valence-electron chi connectivity index (χ2n) is 2.22. The lowest BCUT2D eigenvalue weighted by atomic mass is 10.1. The van der Waals surface area contributed by atoms with Crippen molar-refractivity contribution in [2.45, 2.75) is 12.8 Å². The van der Waals surface area contributed by atoms with Crippen LogP contribution in [-0.2, 0) is 0 Å². The Labute approximate surface area is 63.1 Å². The molecule has 0 aromatic heterocycles. The molecule has 0 aliphatic heterocycles. The fourth-order valence-corrected chi connectivity index (χ4v) is 0.539. The van der Waals surface area contributed by atoms with E-state index < -0.39 is 0 Å². The van der Waals surface area contributed by atoms with Crippen LogP contribution in [0.1, 0.15) is 12.8 Å². The molecule has 0 heterocycles. The Morgan fingerprint density at radius 2 is 2.00 bits per heavy atom. The van der Waals surface area contributed by atoms with Gasteiger partial charge in [-0.25, -0.2) is 0 Å². The van der Waals surface area contributed by atoms with Gasteiger partial charge in [0.25, 0.3) is 0 Å². The van der Waals surface area contributed by atoms with Crippen molar-refractivity contribution in [1.29, 1.82) is 0 Å². The Balaban J connectivity index is 3.44. The van der Waals surface area contributed by atoms with Gasteiger partial charge in [0.2, 0.25) is 0 Å². The van der Waals surface area contributed by atoms with E-state index in [0.717, 1.165) is 24.1 Å². The first kappa shape index (κ1) is 9.02. The van der Waals surface area contributed by atoms with E-state index in [1.54, 1.807) is 6.08 Å². The molecule has 0 saturated carbocycles. The quantitative estimate of drug-likeness (QED) is 0.573. The molecule has 0 aliphatic carbocycles. The van der Waals surface area contributed by atoms with Gasteiger partial charge < -0.3 is 5.32 Å². The predicted octanol–water partition coefficient (Wildman–Crippen LogP) is 2.24. The maximum Gasteiger partial charge on any atom is 0.00343 e. The fourth-order valence-electron chi connectivity index (χ4n) is 0.539. The van der Waals surface area contributed by atoms with Crippen LogP contribution >= 0.6 is 0 Å². The summed E-state index contributed by atoms with van der Waals surface area (Å²) < 4.78 is 0. The molecule has 0 radical (unpaired) electrons. The summed E-state index contributed by atoms with van der Waals surface area (Å²) in [6.45, 7) is 11.2. The molecule has 0 saturated heterocycles. The zero-order chi connectivity index (χ0) is 7.98. The van der Waals surface area contributed by atoms with E-state index in [0.29, 0.717) is 0 Å². The molecule has 0 aromatic carbocycles. The minimum atomic E-state index is 0.946. The zero-order valence-corrected chi connectivity index (χ0v) is 6.61. The van der Waals surface area contributed by atoms with Crippen molar-refractivity contribution in [2.75, 3.05) is 7.05 Å². The van der Waals surface area contributed by atoms with Crippen LogP contribution in [0.25, 0.3) is 0 Å². The summed E-state index contributed by atoms with van der Waals surface area (Å²) >= 11 is 0. The second kappa shape index (κ2) is 4.86. The Morgan fingerprint density at radius 1 is 1.40 bits per heavy atom. The summed E-state index contributed by atoms with van der Waals surface area (Å²) in [5.74, 6) is 0. The summed E-state index contributed by atoms with van der Waals surface area (Å²) in [6.07, 6.45) is 3.67. The Morgan fingerprint density at radius 3 is 2.40 bits per heavy atom. The van der Waals surface area contributed by atoms with Crippen molar-refractivity contribution in [2.24, 2.45) is 0 Å². The second-order valence-corrected chi connectivity index (χ2v) is 2.22. The third-order valence-electron chi connectivity index (χ3n) is 1.39. The van der Waals surface area contributed by atoms with Crippen LogP contribution in [0.15, 0.2) is 37.1 Å². The standard InChI is InChI=1S/C9H15N/c1-5-8(2)6-7-9(3)10-4/h5,10H,1-3,6-7H2,4H3. The van der Waals surface area contributed by atoms with Gasteiger partial charge in [0, 0.05) is 12.7 Å². The Hall–Kier alpha value is -0.980. The molecule has 0 fully saturated rings. The minimum Gasteiger partial charge on any atom is -0.392 e. The molecule has 1 nitrogen and oxygen atoms in total. The van der Waals surface area contributed by atoms with Gasteiger partial charge in [-0.3, -0.25) is 0 Å². The van der Waals surface area contributed by atoms with Crippen molar-refractivity contribution in [1.82, 2.24) is 5.32 Å². The molecule has 0 rings (SSSR count). The topological polar surface area (TPSA) is 12.0 Å². The number of nitrogens with one attached hydrogen (secondary N) is 1. The number of hydrogen-bond donors (Lipinski definition) is 1. The fraction of sp³-hybridized carbons (Fsp3) is 0.333. The number of allylic oxidation sites excluding steroid dienone is 3. The van der Waals surface area contributed by atoms with Crippen molar-refractivity contribution < 1.29 is 0 Å². The predicted molar refractivity (Wildman–Crippen MR) is 46.8 cm³/mol. The average Bonchev–Trinajstić information content (AvgIpc) is 1.99. The lowest BCUT2D eigenvalue weighted by Crippen LogP contribution is -2.03. The molecule has 56 valence electrons. The molecule has 0 aliphatic rings. The van der Waals surface area contributed by atoms with E-state index in [9.17, 15) is 0 Å². The first-order valence-corrected chi connectivity index (χ1v) is 3.36. The van der Waals surface area contributed by atoms with E-state index >= 15 is 0 Å². The maximum absolute atomic E-state index is 3.79. The van der Waals surface area contributed by atoms with Gasteiger partial charge in [-0.15, -0.1) is 0 Å². The SMILES string of the molecule is C=CC(=C)CCC(=C)NC. The molecule has 0 amide bonds. The van der Waals surface area contributed by atoms with Crippen LogP contribution < -0.4 is 5.32 Å². The first-order chi connectivity index (χ1) is 4.70.